The molecule has 2 aliphatic heterocycles. The SMILES string of the molecule is CN1CCN(c2ncnc3ccc(/C=C4\SC(=O)NC4=O)cc23)CC1. The molecule has 1 aromatic carbocycles. The molecule has 128 valence electrons. The van der Waals surface area contributed by atoms with E-state index in [4.69, 9.17) is 0 Å². The molecule has 1 aromatic heterocycles. The van der Waals surface area contributed by atoms with E-state index in [1.807, 2.05) is 18.2 Å². The van der Waals surface area contributed by atoms with Gasteiger partial charge in [0, 0.05) is 31.6 Å². The summed E-state index contributed by atoms with van der Waals surface area (Å²) in [5, 5.41) is 2.89. The van der Waals surface area contributed by atoms with E-state index in [0.29, 0.717) is 4.91 Å². The van der Waals surface area contributed by atoms with Gasteiger partial charge in [-0.15, -0.1) is 0 Å². The highest BCUT2D eigenvalue weighted by molar-refractivity contribution is 8.18. The highest BCUT2D eigenvalue weighted by Gasteiger charge is 2.25. The highest BCUT2D eigenvalue weighted by Crippen LogP contribution is 2.29. The molecule has 2 saturated heterocycles. The Hall–Kier alpha value is -2.45. The van der Waals surface area contributed by atoms with Crippen molar-refractivity contribution in [2.24, 2.45) is 0 Å². The van der Waals surface area contributed by atoms with Gasteiger partial charge >= 0.3 is 0 Å². The Bertz CT molecular complexity index is 890. The first-order valence-corrected chi connectivity index (χ1v) is 8.85. The zero-order valence-corrected chi connectivity index (χ0v) is 14.5. The van der Waals surface area contributed by atoms with Gasteiger partial charge < -0.3 is 9.80 Å². The summed E-state index contributed by atoms with van der Waals surface area (Å²) in [4.78, 5) is 36.9. The van der Waals surface area contributed by atoms with Gasteiger partial charge in [-0.25, -0.2) is 9.97 Å². The highest BCUT2D eigenvalue weighted by atomic mass is 32.2. The van der Waals surface area contributed by atoms with Gasteiger partial charge in [0.05, 0.1) is 10.4 Å². The van der Waals surface area contributed by atoms with Crippen molar-refractivity contribution in [3.05, 3.63) is 35.0 Å². The molecule has 2 amide bonds. The Morgan fingerprint density at radius 3 is 2.68 bits per heavy atom. The lowest BCUT2D eigenvalue weighted by Gasteiger charge is -2.33. The van der Waals surface area contributed by atoms with Crippen LogP contribution in [-0.4, -0.2) is 59.2 Å². The molecule has 2 fully saturated rings. The normalized spacial score (nSPS) is 20.5. The third-order valence-electron chi connectivity index (χ3n) is 4.38. The van der Waals surface area contributed by atoms with Crippen LogP contribution in [0.5, 0.6) is 0 Å². The Labute approximate surface area is 149 Å². The summed E-state index contributed by atoms with van der Waals surface area (Å²) in [6.45, 7) is 3.82. The van der Waals surface area contributed by atoms with Crippen LogP contribution in [-0.2, 0) is 4.79 Å². The van der Waals surface area contributed by atoms with Crippen molar-refractivity contribution in [2.75, 3.05) is 38.1 Å². The van der Waals surface area contributed by atoms with Crippen molar-refractivity contribution in [2.45, 2.75) is 0 Å². The second-order valence-electron chi connectivity index (χ2n) is 6.12. The van der Waals surface area contributed by atoms with Gasteiger partial charge in [-0.2, -0.15) is 0 Å². The van der Waals surface area contributed by atoms with E-state index in [2.05, 4.69) is 32.1 Å². The lowest BCUT2D eigenvalue weighted by atomic mass is 10.1. The van der Waals surface area contributed by atoms with Gasteiger partial charge in [0.2, 0.25) is 0 Å². The largest absolute Gasteiger partial charge is 0.353 e. The Kier molecular flexibility index (Phi) is 4.14. The molecule has 7 nitrogen and oxygen atoms in total. The van der Waals surface area contributed by atoms with Crippen LogP contribution in [0, 0.1) is 0 Å². The molecular weight excluding hydrogens is 338 g/mol. The molecule has 0 radical (unpaired) electrons. The summed E-state index contributed by atoms with van der Waals surface area (Å²) in [5.41, 5.74) is 1.72. The molecule has 0 bridgehead atoms. The maximum Gasteiger partial charge on any atom is 0.290 e. The van der Waals surface area contributed by atoms with E-state index in [9.17, 15) is 9.59 Å². The average Bonchev–Trinajstić information content (AvgIpc) is 2.92. The van der Waals surface area contributed by atoms with Crippen LogP contribution in [0.1, 0.15) is 5.56 Å². The second kappa shape index (κ2) is 6.45. The molecule has 0 aliphatic carbocycles. The van der Waals surface area contributed by atoms with E-state index in [-0.39, 0.29) is 11.1 Å². The van der Waals surface area contributed by atoms with Gasteiger partial charge in [-0.3, -0.25) is 14.9 Å². The predicted octanol–water partition coefficient (Wildman–Crippen LogP) is 1.71. The molecule has 0 unspecified atom stereocenters. The predicted molar refractivity (Wildman–Crippen MR) is 98.4 cm³/mol. The van der Waals surface area contributed by atoms with Gasteiger partial charge in [-0.1, -0.05) is 6.07 Å². The molecular formula is C17H17N5O2S. The van der Waals surface area contributed by atoms with Crippen molar-refractivity contribution in [1.29, 1.82) is 0 Å². The van der Waals surface area contributed by atoms with Crippen LogP contribution in [0.15, 0.2) is 29.4 Å². The number of hydrogen-bond donors (Lipinski definition) is 1. The van der Waals surface area contributed by atoms with Crippen LogP contribution in [0.3, 0.4) is 0 Å². The van der Waals surface area contributed by atoms with Crippen molar-refractivity contribution in [3.8, 4) is 0 Å². The Morgan fingerprint density at radius 1 is 1.16 bits per heavy atom. The minimum Gasteiger partial charge on any atom is -0.353 e. The number of aromatic nitrogens is 2. The maximum atomic E-state index is 11.7. The number of likely N-dealkylation sites (N-methyl/N-ethyl adjacent to an activating group) is 1. The number of imide groups is 1. The van der Waals surface area contributed by atoms with Crippen molar-refractivity contribution in [3.63, 3.8) is 0 Å². The van der Waals surface area contributed by atoms with Gasteiger partial charge in [0.15, 0.2) is 0 Å². The summed E-state index contributed by atoms with van der Waals surface area (Å²) in [7, 11) is 2.12. The lowest BCUT2D eigenvalue weighted by Crippen LogP contribution is -2.44. The second-order valence-corrected chi connectivity index (χ2v) is 7.13. The van der Waals surface area contributed by atoms with Crippen molar-refractivity contribution >= 4 is 45.7 Å². The van der Waals surface area contributed by atoms with E-state index >= 15 is 0 Å². The number of hydrogen-bond acceptors (Lipinski definition) is 7. The van der Waals surface area contributed by atoms with Gasteiger partial charge in [0.1, 0.15) is 12.1 Å². The molecule has 1 N–H and O–H groups in total. The molecule has 0 spiro atoms. The first-order chi connectivity index (χ1) is 12.1. The number of carbonyl (C=O) groups excluding carboxylic acids is 2. The number of amides is 2. The van der Waals surface area contributed by atoms with E-state index < -0.39 is 0 Å². The molecule has 0 saturated carbocycles. The third-order valence-corrected chi connectivity index (χ3v) is 5.19. The fourth-order valence-corrected chi connectivity index (χ4v) is 3.68. The fraction of sp³-hybridized carbons (Fsp3) is 0.294. The molecule has 8 heteroatoms. The first-order valence-electron chi connectivity index (χ1n) is 8.03. The number of anilines is 1. The van der Waals surface area contributed by atoms with Crippen molar-refractivity contribution in [1.82, 2.24) is 20.2 Å². The minimum absolute atomic E-state index is 0.335. The maximum absolute atomic E-state index is 11.7. The Balaban J connectivity index is 1.72. The van der Waals surface area contributed by atoms with Crippen LogP contribution in [0.4, 0.5) is 10.6 Å². The monoisotopic (exact) mass is 355 g/mol. The smallest absolute Gasteiger partial charge is 0.290 e. The summed E-state index contributed by atoms with van der Waals surface area (Å²) in [6, 6.07) is 5.79. The summed E-state index contributed by atoms with van der Waals surface area (Å²) in [6.07, 6.45) is 3.32. The quantitative estimate of drug-likeness (QED) is 0.822. The number of piperazine rings is 1. The average molecular weight is 355 g/mol. The molecule has 2 aromatic rings. The van der Waals surface area contributed by atoms with Crippen LogP contribution < -0.4 is 10.2 Å². The Morgan fingerprint density at radius 2 is 1.96 bits per heavy atom. The van der Waals surface area contributed by atoms with Crippen LogP contribution in [0.2, 0.25) is 0 Å². The zero-order valence-electron chi connectivity index (χ0n) is 13.7. The molecule has 3 heterocycles. The van der Waals surface area contributed by atoms with Crippen LogP contribution >= 0.6 is 11.8 Å². The number of rotatable bonds is 2. The summed E-state index contributed by atoms with van der Waals surface area (Å²) < 4.78 is 0. The van der Waals surface area contributed by atoms with Gasteiger partial charge in [0.25, 0.3) is 11.1 Å². The minimum atomic E-state index is -0.348. The number of fused-ring (bicyclic) bond motifs is 1. The van der Waals surface area contributed by atoms with Crippen LogP contribution in [0.25, 0.3) is 17.0 Å². The number of nitrogens with zero attached hydrogens (tertiary/aromatic N) is 4. The first kappa shape index (κ1) is 16.0. The number of nitrogens with one attached hydrogen (secondary N) is 1. The summed E-state index contributed by atoms with van der Waals surface area (Å²) >= 11 is 0.921. The standard InChI is InChI=1S/C17H17N5O2S/c1-21-4-6-22(7-5-21)15-12-8-11(2-3-13(12)18-10-19-15)9-14-16(23)20-17(24)25-14/h2-3,8-10H,4-7H2,1H3,(H,20,23,24)/b14-9-. The van der Waals surface area contributed by atoms with Gasteiger partial charge in [-0.05, 0) is 42.6 Å². The van der Waals surface area contributed by atoms with Crippen molar-refractivity contribution < 1.29 is 9.59 Å². The molecule has 2 aliphatic rings. The van der Waals surface area contributed by atoms with E-state index in [1.54, 1.807) is 12.4 Å². The topological polar surface area (TPSA) is 78.4 Å². The third kappa shape index (κ3) is 3.22. The summed E-state index contributed by atoms with van der Waals surface area (Å²) in [5.74, 6) is 0.566. The number of benzene rings is 1. The number of carbonyl (C=O) groups is 2. The number of thioether (sulfide) groups is 1. The lowest BCUT2D eigenvalue weighted by molar-refractivity contribution is -0.115. The van der Waals surface area contributed by atoms with E-state index in [1.165, 1.54) is 0 Å². The molecule has 25 heavy (non-hydrogen) atoms. The molecule has 0 atom stereocenters. The zero-order chi connectivity index (χ0) is 17.4. The molecule has 4 rings (SSSR count). The fourth-order valence-electron chi connectivity index (χ4n) is 2.99. The van der Waals surface area contributed by atoms with E-state index in [0.717, 1.165) is 60.2 Å².